The molecular formula is C6H7ClN2O2S. The topological polar surface area (TPSA) is 62.2 Å². The Labute approximate surface area is 78.3 Å². The fraction of sp³-hybridized carbons (Fsp3) is 0.333. The first-order valence-corrected chi connectivity index (χ1v) is 4.40. The van der Waals surface area contributed by atoms with E-state index in [1.807, 2.05) is 0 Å². The van der Waals surface area contributed by atoms with E-state index < -0.39 is 0 Å². The maximum atomic E-state index is 11.1. The Morgan fingerprint density at radius 1 is 1.83 bits per heavy atom. The summed E-state index contributed by atoms with van der Waals surface area (Å²) in [6.07, 6.45) is 0. The predicted octanol–water partition coefficient (Wildman–Crippen LogP) is 0.519. The van der Waals surface area contributed by atoms with E-state index in [4.69, 9.17) is 16.7 Å². The third-order valence-electron chi connectivity index (χ3n) is 1.10. The molecule has 2 N–H and O–H groups in total. The molecule has 1 aromatic heterocycles. The summed E-state index contributed by atoms with van der Waals surface area (Å²) in [4.78, 5) is 11.6. The minimum atomic E-state index is -0.256. The summed E-state index contributed by atoms with van der Waals surface area (Å²) in [5, 5.41) is 11.2. The summed E-state index contributed by atoms with van der Waals surface area (Å²) in [5.74, 6) is -0.256. The number of aromatic nitrogens is 1. The number of carbonyl (C=O) groups excluding carboxylic acids is 1. The molecule has 1 amide bonds. The van der Waals surface area contributed by atoms with Gasteiger partial charge in [0.15, 0.2) is 0 Å². The van der Waals surface area contributed by atoms with Crippen LogP contribution in [0.3, 0.4) is 0 Å². The highest BCUT2D eigenvalue weighted by Gasteiger charge is 2.07. The van der Waals surface area contributed by atoms with Crippen LogP contribution in [0.15, 0.2) is 6.07 Å². The average molecular weight is 207 g/mol. The van der Waals surface area contributed by atoms with Gasteiger partial charge in [0.1, 0.15) is 10.0 Å². The van der Waals surface area contributed by atoms with Gasteiger partial charge >= 0.3 is 0 Å². The Kier molecular flexibility index (Phi) is 3.46. The highest BCUT2D eigenvalue weighted by atomic mass is 35.5. The van der Waals surface area contributed by atoms with Crippen LogP contribution in [0, 0.1) is 0 Å². The third kappa shape index (κ3) is 2.44. The maximum absolute atomic E-state index is 11.1. The van der Waals surface area contributed by atoms with Crippen molar-refractivity contribution in [1.29, 1.82) is 0 Å². The molecule has 0 aliphatic rings. The molecule has 6 heteroatoms. The second-order valence-corrected chi connectivity index (χ2v) is 3.19. The highest BCUT2D eigenvalue weighted by Crippen LogP contribution is 2.13. The monoisotopic (exact) mass is 206 g/mol. The van der Waals surface area contributed by atoms with Crippen LogP contribution in [-0.4, -0.2) is 28.5 Å². The number of halogens is 1. The van der Waals surface area contributed by atoms with E-state index >= 15 is 0 Å². The van der Waals surface area contributed by atoms with Crippen LogP contribution in [0.25, 0.3) is 0 Å². The lowest BCUT2D eigenvalue weighted by atomic mass is 10.4. The number of carbonyl (C=O) groups is 1. The summed E-state index contributed by atoms with van der Waals surface area (Å²) in [5.41, 5.74) is 0. The van der Waals surface area contributed by atoms with Gasteiger partial charge in [-0.25, -0.2) is 0 Å². The van der Waals surface area contributed by atoms with Crippen LogP contribution in [0.4, 0.5) is 0 Å². The van der Waals surface area contributed by atoms with Gasteiger partial charge in [0.2, 0.25) is 0 Å². The molecular weight excluding hydrogens is 200 g/mol. The van der Waals surface area contributed by atoms with E-state index in [-0.39, 0.29) is 19.1 Å². The lowest BCUT2D eigenvalue weighted by Crippen LogP contribution is -2.25. The van der Waals surface area contributed by atoms with Crippen LogP contribution in [0.5, 0.6) is 0 Å². The first kappa shape index (κ1) is 9.44. The van der Waals surface area contributed by atoms with Crippen molar-refractivity contribution in [3.63, 3.8) is 0 Å². The van der Waals surface area contributed by atoms with Crippen molar-refractivity contribution in [3.05, 3.63) is 16.1 Å². The number of hydrogen-bond donors (Lipinski definition) is 2. The van der Waals surface area contributed by atoms with Gasteiger partial charge in [0.05, 0.1) is 6.61 Å². The molecule has 0 spiro atoms. The van der Waals surface area contributed by atoms with Crippen molar-refractivity contribution in [2.24, 2.45) is 0 Å². The van der Waals surface area contributed by atoms with Gasteiger partial charge < -0.3 is 10.4 Å². The van der Waals surface area contributed by atoms with E-state index in [2.05, 4.69) is 9.69 Å². The first-order chi connectivity index (χ1) is 5.74. The minimum Gasteiger partial charge on any atom is -0.395 e. The number of nitrogens with one attached hydrogen (secondary N) is 1. The van der Waals surface area contributed by atoms with Crippen molar-refractivity contribution in [3.8, 4) is 0 Å². The molecule has 1 heterocycles. The van der Waals surface area contributed by atoms with Gasteiger partial charge in [-0.2, -0.15) is 4.37 Å². The number of aliphatic hydroxyl groups excluding tert-OH is 1. The molecule has 0 aliphatic heterocycles. The first-order valence-electron chi connectivity index (χ1n) is 3.25. The van der Waals surface area contributed by atoms with Gasteiger partial charge in [-0.3, -0.25) is 4.79 Å². The number of hydrogen-bond acceptors (Lipinski definition) is 4. The van der Waals surface area contributed by atoms with Crippen LogP contribution < -0.4 is 5.32 Å². The number of amides is 1. The van der Waals surface area contributed by atoms with Crippen LogP contribution in [-0.2, 0) is 0 Å². The molecule has 66 valence electrons. The Morgan fingerprint density at radius 2 is 2.58 bits per heavy atom. The van der Waals surface area contributed by atoms with Crippen molar-refractivity contribution < 1.29 is 9.90 Å². The normalized spacial score (nSPS) is 9.83. The highest BCUT2D eigenvalue weighted by molar-refractivity contribution is 7.08. The van der Waals surface area contributed by atoms with Crippen LogP contribution in [0.1, 0.15) is 9.67 Å². The summed E-state index contributed by atoms with van der Waals surface area (Å²) in [6.45, 7) is 0.173. The second-order valence-electron chi connectivity index (χ2n) is 1.99. The minimum absolute atomic E-state index is 0.0712. The van der Waals surface area contributed by atoms with Crippen molar-refractivity contribution in [2.75, 3.05) is 13.2 Å². The Balaban J connectivity index is 2.53. The summed E-state index contributed by atoms with van der Waals surface area (Å²) < 4.78 is 3.73. The van der Waals surface area contributed by atoms with Gasteiger partial charge in [-0.15, -0.1) is 0 Å². The zero-order valence-electron chi connectivity index (χ0n) is 6.08. The molecule has 1 aromatic rings. The molecule has 0 saturated heterocycles. The fourth-order valence-electron chi connectivity index (χ4n) is 0.617. The van der Waals surface area contributed by atoms with Gasteiger partial charge in [0.25, 0.3) is 5.91 Å². The quantitative estimate of drug-likeness (QED) is 0.758. The largest absolute Gasteiger partial charge is 0.395 e. The molecule has 0 radical (unpaired) electrons. The Bertz CT molecular complexity index is 276. The standard InChI is InChI=1S/C6H7ClN2O2S/c7-5-3-4(12-9-5)6(11)8-1-2-10/h3,10H,1-2H2,(H,8,11). The second kappa shape index (κ2) is 4.39. The molecule has 4 nitrogen and oxygen atoms in total. The smallest absolute Gasteiger partial charge is 0.263 e. The van der Waals surface area contributed by atoms with Gasteiger partial charge in [-0.1, -0.05) is 11.6 Å². The predicted molar refractivity (Wildman–Crippen MR) is 46.5 cm³/mol. The molecule has 0 atom stereocenters. The molecule has 0 unspecified atom stereocenters. The lowest BCUT2D eigenvalue weighted by molar-refractivity contribution is 0.0949. The zero-order chi connectivity index (χ0) is 8.97. The maximum Gasteiger partial charge on any atom is 0.263 e. The van der Waals surface area contributed by atoms with Crippen molar-refractivity contribution >= 4 is 29.0 Å². The fourth-order valence-corrected chi connectivity index (χ4v) is 1.45. The molecule has 0 aliphatic carbocycles. The van der Waals surface area contributed by atoms with E-state index in [1.54, 1.807) is 0 Å². The van der Waals surface area contributed by atoms with Gasteiger partial charge in [-0.05, 0) is 11.5 Å². The Morgan fingerprint density at radius 3 is 3.08 bits per heavy atom. The summed E-state index contributed by atoms with van der Waals surface area (Å²) in [7, 11) is 0. The Hall–Kier alpha value is -0.650. The molecule has 0 bridgehead atoms. The average Bonchev–Trinajstić information content (AvgIpc) is 2.47. The van der Waals surface area contributed by atoms with E-state index in [1.165, 1.54) is 6.07 Å². The zero-order valence-corrected chi connectivity index (χ0v) is 7.65. The number of nitrogens with zero attached hydrogens (tertiary/aromatic N) is 1. The SMILES string of the molecule is O=C(NCCO)c1cc(Cl)ns1. The summed E-state index contributed by atoms with van der Waals surface area (Å²) >= 11 is 6.54. The molecule has 0 fully saturated rings. The van der Waals surface area contributed by atoms with E-state index in [0.29, 0.717) is 10.0 Å². The lowest BCUT2D eigenvalue weighted by Gasteiger charge is -1.97. The van der Waals surface area contributed by atoms with Crippen molar-refractivity contribution in [2.45, 2.75) is 0 Å². The van der Waals surface area contributed by atoms with Crippen LogP contribution in [0.2, 0.25) is 5.15 Å². The number of rotatable bonds is 3. The van der Waals surface area contributed by atoms with Gasteiger partial charge in [0, 0.05) is 12.6 Å². The third-order valence-corrected chi connectivity index (χ3v) is 2.18. The van der Waals surface area contributed by atoms with E-state index in [0.717, 1.165) is 11.5 Å². The number of aliphatic hydroxyl groups is 1. The molecule has 0 saturated carbocycles. The molecule has 0 aromatic carbocycles. The van der Waals surface area contributed by atoms with Crippen molar-refractivity contribution in [1.82, 2.24) is 9.69 Å². The molecule has 12 heavy (non-hydrogen) atoms. The molecule has 1 rings (SSSR count). The van der Waals surface area contributed by atoms with E-state index in [9.17, 15) is 4.79 Å². The van der Waals surface area contributed by atoms with Crippen LogP contribution >= 0.6 is 23.1 Å². The summed E-state index contributed by atoms with van der Waals surface area (Å²) in [6, 6.07) is 1.49.